The molecule has 2 heterocycles. The van der Waals surface area contributed by atoms with Crippen molar-refractivity contribution in [1.29, 1.82) is 5.26 Å². The zero-order valence-electron chi connectivity index (χ0n) is 12.2. The molecule has 1 aromatic heterocycles. The van der Waals surface area contributed by atoms with Crippen LogP contribution in [0.3, 0.4) is 0 Å². The average molecular weight is 295 g/mol. The predicted molar refractivity (Wildman–Crippen MR) is 81.1 cm³/mol. The van der Waals surface area contributed by atoms with Crippen LogP contribution < -0.4 is 0 Å². The maximum absolute atomic E-state index is 12.7. The van der Waals surface area contributed by atoms with Crippen LogP contribution >= 0.6 is 0 Å². The molecule has 2 aromatic rings. The largest absolute Gasteiger partial charge is 0.345 e. The number of carbonyl (C=O) groups is 1. The molecule has 112 valence electrons. The smallest absolute Gasteiger partial charge is 0.254 e. The van der Waals surface area contributed by atoms with Gasteiger partial charge in [-0.3, -0.25) is 9.69 Å². The minimum atomic E-state index is -0.180. The number of imidazole rings is 1. The molecule has 1 unspecified atom stereocenters. The minimum Gasteiger partial charge on any atom is -0.345 e. The van der Waals surface area contributed by atoms with E-state index in [9.17, 15) is 10.1 Å². The molecule has 22 heavy (non-hydrogen) atoms. The lowest BCUT2D eigenvalue weighted by molar-refractivity contribution is 0.0550. The average Bonchev–Trinajstić information content (AvgIpc) is 3.30. The van der Waals surface area contributed by atoms with Gasteiger partial charge < -0.3 is 9.88 Å². The molecule has 2 fully saturated rings. The van der Waals surface area contributed by atoms with Crippen LogP contribution in [0.4, 0.5) is 0 Å². The fourth-order valence-electron chi connectivity index (χ4n) is 3.19. The maximum Gasteiger partial charge on any atom is 0.254 e. The molecule has 1 atom stereocenters. The number of hydrogen-bond donors (Lipinski definition) is 1. The number of aromatic amines is 1. The highest BCUT2D eigenvalue weighted by Gasteiger charge is 2.38. The van der Waals surface area contributed by atoms with Crippen LogP contribution in [0.25, 0.3) is 11.0 Å². The Morgan fingerprint density at radius 3 is 3.00 bits per heavy atom. The Bertz CT molecular complexity index is 757. The Hall–Kier alpha value is -2.39. The van der Waals surface area contributed by atoms with Crippen molar-refractivity contribution in [3.63, 3.8) is 0 Å². The van der Waals surface area contributed by atoms with Gasteiger partial charge in [0, 0.05) is 31.2 Å². The SMILES string of the molecule is N#CC1CN(C(=O)c2ccc3nc[nH]c3c2)CCN1C1CC1. The van der Waals surface area contributed by atoms with Gasteiger partial charge in [-0.25, -0.2) is 4.98 Å². The molecule has 1 saturated carbocycles. The highest BCUT2D eigenvalue weighted by Crippen LogP contribution is 2.30. The van der Waals surface area contributed by atoms with Crippen LogP contribution in [0.2, 0.25) is 0 Å². The summed E-state index contributed by atoms with van der Waals surface area (Å²) in [5, 5.41) is 9.38. The zero-order chi connectivity index (χ0) is 15.1. The van der Waals surface area contributed by atoms with Gasteiger partial charge in [-0.2, -0.15) is 5.26 Å². The lowest BCUT2D eigenvalue weighted by Crippen LogP contribution is -2.54. The van der Waals surface area contributed by atoms with Gasteiger partial charge in [0.25, 0.3) is 5.91 Å². The summed E-state index contributed by atoms with van der Waals surface area (Å²) in [5.41, 5.74) is 2.36. The number of rotatable bonds is 2. The van der Waals surface area contributed by atoms with Crippen LogP contribution in [0.15, 0.2) is 24.5 Å². The van der Waals surface area contributed by atoms with Gasteiger partial charge in [-0.1, -0.05) is 0 Å². The molecule has 0 radical (unpaired) electrons. The maximum atomic E-state index is 12.7. The van der Waals surface area contributed by atoms with Crippen LogP contribution in [0, 0.1) is 11.3 Å². The Morgan fingerprint density at radius 1 is 1.36 bits per heavy atom. The van der Waals surface area contributed by atoms with E-state index in [4.69, 9.17) is 0 Å². The third kappa shape index (κ3) is 2.24. The van der Waals surface area contributed by atoms with Crippen molar-refractivity contribution in [2.45, 2.75) is 24.9 Å². The lowest BCUT2D eigenvalue weighted by atomic mass is 10.1. The van der Waals surface area contributed by atoms with Gasteiger partial charge in [-0.05, 0) is 31.0 Å². The molecule has 6 nitrogen and oxygen atoms in total. The summed E-state index contributed by atoms with van der Waals surface area (Å²) in [6.07, 6.45) is 3.99. The first kappa shape index (κ1) is 13.3. The molecule has 1 N–H and O–H groups in total. The number of nitrogens with one attached hydrogen (secondary N) is 1. The van der Waals surface area contributed by atoms with E-state index in [-0.39, 0.29) is 11.9 Å². The van der Waals surface area contributed by atoms with Gasteiger partial charge in [0.15, 0.2) is 0 Å². The summed E-state index contributed by atoms with van der Waals surface area (Å²) in [6.45, 7) is 1.97. The van der Waals surface area contributed by atoms with E-state index in [1.807, 2.05) is 12.1 Å². The Balaban J connectivity index is 1.53. The van der Waals surface area contributed by atoms with Gasteiger partial charge >= 0.3 is 0 Å². The lowest BCUT2D eigenvalue weighted by Gasteiger charge is -2.38. The van der Waals surface area contributed by atoms with Crippen molar-refractivity contribution in [1.82, 2.24) is 19.8 Å². The second-order valence-electron chi connectivity index (χ2n) is 6.00. The van der Waals surface area contributed by atoms with E-state index in [1.54, 1.807) is 17.3 Å². The molecule has 0 spiro atoms. The molecule has 4 rings (SSSR count). The van der Waals surface area contributed by atoms with Crippen LogP contribution in [-0.2, 0) is 0 Å². The number of carbonyl (C=O) groups excluding carboxylic acids is 1. The van der Waals surface area contributed by atoms with Crippen LogP contribution in [0.1, 0.15) is 23.2 Å². The normalized spacial score (nSPS) is 22.7. The van der Waals surface area contributed by atoms with Crippen molar-refractivity contribution >= 4 is 16.9 Å². The van der Waals surface area contributed by atoms with E-state index in [0.29, 0.717) is 24.7 Å². The topological polar surface area (TPSA) is 76.0 Å². The molecule has 2 aliphatic rings. The number of fused-ring (bicyclic) bond motifs is 1. The molecule has 1 aromatic carbocycles. The molecule has 1 aliphatic carbocycles. The highest BCUT2D eigenvalue weighted by molar-refractivity contribution is 5.97. The Labute approximate surface area is 128 Å². The van der Waals surface area contributed by atoms with E-state index < -0.39 is 0 Å². The summed E-state index contributed by atoms with van der Waals surface area (Å²) >= 11 is 0. The van der Waals surface area contributed by atoms with E-state index in [0.717, 1.165) is 17.6 Å². The third-order valence-corrected chi connectivity index (χ3v) is 4.54. The number of piperazine rings is 1. The summed E-state index contributed by atoms with van der Waals surface area (Å²) < 4.78 is 0. The number of benzene rings is 1. The van der Waals surface area contributed by atoms with Crippen molar-refractivity contribution in [3.8, 4) is 6.07 Å². The first-order chi connectivity index (χ1) is 10.8. The van der Waals surface area contributed by atoms with Crippen LogP contribution in [-0.4, -0.2) is 57.4 Å². The quantitative estimate of drug-likeness (QED) is 0.908. The summed E-state index contributed by atoms with van der Waals surface area (Å²) in [7, 11) is 0. The number of aromatic nitrogens is 2. The van der Waals surface area contributed by atoms with Gasteiger partial charge in [-0.15, -0.1) is 0 Å². The number of amides is 1. The third-order valence-electron chi connectivity index (χ3n) is 4.54. The van der Waals surface area contributed by atoms with E-state index in [1.165, 1.54) is 12.8 Å². The first-order valence-electron chi connectivity index (χ1n) is 7.64. The zero-order valence-corrected chi connectivity index (χ0v) is 12.2. The second-order valence-corrected chi connectivity index (χ2v) is 6.00. The fraction of sp³-hybridized carbons (Fsp3) is 0.438. The van der Waals surface area contributed by atoms with Gasteiger partial charge in [0.1, 0.15) is 6.04 Å². The van der Waals surface area contributed by atoms with E-state index >= 15 is 0 Å². The Morgan fingerprint density at radius 2 is 2.23 bits per heavy atom. The first-order valence-corrected chi connectivity index (χ1v) is 7.64. The molecular weight excluding hydrogens is 278 g/mol. The van der Waals surface area contributed by atoms with E-state index in [2.05, 4.69) is 20.9 Å². The van der Waals surface area contributed by atoms with Crippen LogP contribution in [0.5, 0.6) is 0 Å². The number of nitriles is 1. The fourth-order valence-corrected chi connectivity index (χ4v) is 3.19. The van der Waals surface area contributed by atoms with Gasteiger partial charge in [0.2, 0.25) is 0 Å². The second kappa shape index (κ2) is 5.11. The van der Waals surface area contributed by atoms with Crippen molar-refractivity contribution < 1.29 is 4.79 Å². The number of H-pyrrole nitrogens is 1. The summed E-state index contributed by atoms with van der Waals surface area (Å²) in [4.78, 5) is 23.9. The van der Waals surface area contributed by atoms with Crippen molar-refractivity contribution in [2.75, 3.05) is 19.6 Å². The molecule has 6 heteroatoms. The van der Waals surface area contributed by atoms with Crippen molar-refractivity contribution in [3.05, 3.63) is 30.1 Å². The highest BCUT2D eigenvalue weighted by atomic mass is 16.2. The molecule has 0 bridgehead atoms. The Kier molecular flexibility index (Phi) is 3.09. The monoisotopic (exact) mass is 295 g/mol. The van der Waals surface area contributed by atoms with Gasteiger partial charge in [0.05, 0.1) is 23.4 Å². The molecule has 1 saturated heterocycles. The summed E-state index contributed by atoms with van der Waals surface area (Å²) in [6, 6.07) is 8.22. The molecule has 1 aliphatic heterocycles. The number of nitrogens with zero attached hydrogens (tertiary/aromatic N) is 4. The standard InChI is InChI=1S/C16H17N5O/c17-8-13-9-20(5-6-21(13)12-2-3-12)16(22)11-1-4-14-15(7-11)19-10-18-14/h1,4,7,10,12-13H,2-3,5-6,9H2,(H,18,19). The summed E-state index contributed by atoms with van der Waals surface area (Å²) in [5.74, 6) is -0.00723. The minimum absolute atomic E-state index is 0.00723. The van der Waals surface area contributed by atoms with Crippen molar-refractivity contribution in [2.24, 2.45) is 0 Å². The predicted octanol–water partition coefficient (Wildman–Crippen LogP) is 1.38. The molecule has 1 amide bonds. The molecular formula is C16H17N5O. The number of hydrogen-bond acceptors (Lipinski definition) is 4.